The number of nitrogens with zero attached hydrogens (tertiary/aromatic N) is 1. The molecule has 1 heterocycles. The maximum atomic E-state index is 13.5. The van der Waals surface area contributed by atoms with Crippen molar-refractivity contribution in [2.24, 2.45) is 0 Å². The third kappa shape index (κ3) is 2.14. The highest BCUT2D eigenvalue weighted by molar-refractivity contribution is 6.30. The second-order valence-corrected chi connectivity index (χ2v) is 3.85. The summed E-state index contributed by atoms with van der Waals surface area (Å²) in [4.78, 5) is 10.7. The van der Waals surface area contributed by atoms with Crippen LogP contribution in [0.2, 0.25) is 5.02 Å². The zero-order chi connectivity index (χ0) is 11.5. The van der Waals surface area contributed by atoms with E-state index in [1.54, 1.807) is 35.0 Å². The maximum Gasteiger partial charge on any atom is 0.166 e. The molecule has 0 saturated carbocycles. The van der Waals surface area contributed by atoms with E-state index in [-0.39, 0.29) is 5.82 Å². The van der Waals surface area contributed by atoms with E-state index in [1.807, 2.05) is 0 Å². The Balaban J connectivity index is 2.30. The van der Waals surface area contributed by atoms with Crippen LogP contribution < -0.4 is 0 Å². The normalized spacial score (nSPS) is 10.4. The van der Waals surface area contributed by atoms with E-state index in [9.17, 15) is 9.18 Å². The Kier molecular flexibility index (Phi) is 3.06. The van der Waals surface area contributed by atoms with Crippen LogP contribution in [0.15, 0.2) is 36.5 Å². The third-order valence-corrected chi connectivity index (χ3v) is 2.58. The smallest absolute Gasteiger partial charge is 0.166 e. The van der Waals surface area contributed by atoms with Gasteiger partial charge in [-0.15, -0.1) is 0 Å². The summed E-state index contributed by atoms with van der Waals surface area (Å²) in [6.45, 7) is 0.323. The molecule has 0 radical (unpaired) electrons. The van der Waals surface area contributed by atoms with Gasteiger partial charge in [0.1, 0.15) is 5.82 Å². The van der Waals surface area contributed by atoms with Gasteiger partial charge in [0.2, 0.25) is 0 Å². The number of carbonyl (C=O) groups excluding carboxylic acids is 1. The molecule has 1 aromatic heterocycles. The Hall–Kier alpha value is -1.61. The van der Waals surface area contributed by atoms with Crippen molar-refractivity contribution < 1.29 is 9.18 Å². The lowest BCUT2D eigenvalue weighted by Gasteiger charge is -2.06. The molecule has 1 aromatic carbocycles. The Bertz CT molecular complexity index is 521. The fraction of sp³-hybridized carbons (Fsp3) is 0.0833. The van der Waals surface area contributed by atoms with Gasteiger partial charge in [-0.3, -0.25) is 4.79 Å². The number of benzene rings is 1. The molecule has 0 bridgehead atoms. The van der Waals surface area contributed by atoms with Gasteiger partial charge < -0.3 is 4.57 Å². The fourth-order valence-corrected chi connectivity index (χ4v) is 1.67. The largest absolute Gasteiger partial charge is 0.341 e. The number of hydrogen-bond donors (Lipinski definition) is 0. The van der Waals surface area contributed by atoms with Crippen LogP contribution in [0.5, 0.6) is 0 Å². The number of aromatic nitrogens is 1. The molecule has 0 unspecified atom stereocenters. The molecule has 0 aliphatic carbocycles. The summed E-state index contributed by atoms with van der Waals surface area (Å²) < 4.78 is 15.2. The molecule has 16 heavy (non-hydrogen) atoms. The Labute approximate surface area is 97.3 Å². The number of aldehydes is 1. The van der Waals surface area contributed by atoms with E-state index >= 15 is 0 Å². The first kappa shape index (κ1) is 10.9. The van der Waals surface area contributed by atoms with Crippen molar-refractivity contribution in [1.82, 2.24) is 4.57 Å². The highest BCUT2D eigenvalue weighted by Gasteiger charge is 2.05. The predicted molar refractivity (Wildman–Crippen MR) is 60.3 cm³/mol. The van der Waals surface area contributed by atoms with Gasteiger partial charge >= 0.3 is 0 Å². The van der Waals surface area contributed by atoms with Crippen molar-refractivity contribution in [2.45, 2.75) is 6.54 Å². The molecule has 0 fully saturated rings. The van der Waals surface area contributed by atoms with Gasteiger partial charge in [-0.25, -0.2) is 4.39 Å². The van der Waals surface area contributed by atoms with Crippen LogP contribution in [0.4, 0.5) is 4.39 Å². The van der Waals surface area contributed by atoms with Crippen molar-refractivity contribution in [3.8, 4) is 0 Å². The number of rotatable bonds is 3. The average molecular weight is 238 g/mol. The maximum absolute atomic E-state index is 13.5. The topological polar surface area (TPSA) is 22.0 Å². The van der Waals surface area contributed by atoms with Gasteiger partial charge in [-0.1, -0.05) is 17.7 Å². The van der Waals surface area contributed by atoms with Crippen LogP contribution in [-0.2, 0) is 6.54 Å². The zero-order valence-corrected chi connectivity index (χ0v) is 9.12. The number of carbonyl (C=O) groups is 1. The van der Waals surface area contributed by atoms with E-state index in [4.69, 9.17) is 11.6 Å². The van der Waals surface area contributed by atoms with Gasteiger partial charge in [0, 0.05) is 16.8 Å². The Morgan fingerprint density at radius 2 is 2.19 bits per heavy atom. The molecule has 2 aromatic rings. The van der Waals surface area contributed by atoms with Gasteiger partial charge in [0.05, 0.1) is 12.2 Å². The summed E-state index contributed by atoms with van der Waals surface area (Å²) in [6, 6.07) is 7.94. The highest BCUT2D eigenvalue weighted by atomic mass is 35.5. The lowest BCUT2D eigenvalue weighted by atomic mass is 10.2. The molecule has 0 aliphatic heterocycles. The minimum absolute atomic E-state index is 0.323. The minimum atomic E-state index is -0.363. The second-order valence-electron chi connectivity index (χ2n) is 3.41. The third-order valence-electron chi connectivity index (χ3n) is 2.34. The minimum Gasteiger partial charge on any atom is -0.341 e. The molecule has 0 N–H and O–H groups in total. The van der Waals surface area contributed by atoms with Crippen LogP contribution in [0.25, 0.3) is 0 Å². The predicted octanol–water partition coefficient (Wildman–Crippen LogP) is 3.14. The molecule has 0 amide bonds. The standard InChI is InChI=1S/C12H9ClFNO/c13-10-4-3-9(12(14)6-10)7-15-5-1-2-11(15)8-16/h1-6,8H,7H2. The van der Waals surface area contributed by atoms with Crippen LogP contribution in [-0.4, -0.2) is 10.9 Å². The average Bonchev–Trinajstić information content (AvgIpc) is 2.69. The second kappa shape index (κ2) is 4.49. The SMILES string of the molecule is O=Cc1cccn1Cc1ccc(Cl)cc1F. The zero-order valence-electron chi connectivity index (χ0n) is 8.36. The quantitative estimate of drug-likeness (QED) is 0.752. The van der Waals surface area contributed by atoms with Gasteiger partial charge in [0.15, 0.2) is 6.29 Å². The van der Waals surface area contributed by atoms with Gasteiger partial charge in [0.25, 0.3) is 0 Å². The Morgan fingerprint density at radius 3 is 2.88 bits per heavy atom. The molecule has 2 nitrogen and oxygen atoms in total. The molecule has 0 saturated heterocycles. The summed E-state index contributed by atoms with van der Waals surface area (Å²) in [6.07, 6.45) is 2.48. The first-order valence-corrected chi connectivity index (χ1v) is 5.13. The van der Waals surface area contributed by atoms with Crippen molar-refractivity contribution in [3.05, 3.63) is 58.6 Å². The summed E-state index contributed by atoms with van der Waals surface area (Å²) >= 11 is 5.65. The molecular weight excluding hydrogens is 229 g/mol. The first-order valence-electron chi connectivity index (χ1n) is 4.75. The number of halogens is 2. The Morgan fingerprint density at radius 1 is 1.38 bits per heavy atom. The molecule has 0 atom stereocenters. The molecule has 0 spiro atoms. The van der Waals surface area contributed by atoms with Crippen molar-refractivity contribution in [3.63, 3.8) is 0 Å². The van der Waals surface area contributed by atoms with E-state index < -0.39 is 0 Å². The fourth-order valence-electron chi connectivity index (χ4n) is 1.51. The van der Waals surface area contributed by atoms with Crippen LogP contribution in [0.1, 0.15) is 16.1 Å². The van der Waals surface area contributed by atoms with Crippen molar-refractivity contribution in [2.75, 3.05) is 0 Å². The van der Waals surface area contributed by atoms with Crippen LogP contribution in [0, 0.1) is 5.82 Å². The molecular formula is C12H9ClFNO. The van der Waals surface area contributed by atoms with Crippen LogP contribution >= 0.6 is 11.6 Å². The highest BCUT2D eigenvalue weighted by Crippen LogP contribution is 2.16. The first-order chi connectivity index (χ1) is 7.70. The molecule has 82 valence electrons. The number of hydrogen-bond acceptors (Lipinski definition) is 1. The lowest BCUT2D eigenvalue weighted by molar-refractivity contribution is 0.111. The molecule has 4 heteroatoms. The van der Waals surface area contributed by atoms with Crippen molar-refractivity contribution >= 4 is 17.9 Å². The molecule has 2 rings (SSSR count). The summed E-state index contributed by atoms with van der Waals surface area (Å²) in [5.41, 5.74) is 1.03. The summed E-state index contributed by atoms with van der Waals surface area (Å²) in [5, 5.41) is 0.365. The summed E-state index contributed by atoms with van der Waals surface area (Å²) in [7, 11) is 0. The summed E-state index contributed by atoms with van der Waals surface area (Å²) in [5.74, 6) is -0.363. The van der Waals surface area contributed by atoms with Crippen molar-refractivity contribution in [1.29, 1.82) is 0 Å². The lowest BCUT2D eigenvalue weighted by Crippen LogP contribution is -2.04. The molecule has 0 aliphatic rings. The monoisotopic (exact) mass is 237 g/mol. The van der Waals surface area contributed by atoms with Crippen LogP contribution in [0.3, 0.4) is 0 Å². The van der Waals surface area contributed by atoms with Gasteiger partial charge in [-0.05, 0) is 24.3 Å². The van der Waals surface area contributed by atoms with E-state index in [2.05, 4.69) is 0 Å². The van der Waals surface area contributed by atoms with E-state index in [1.165, 1.54) is 6.07 Å². The van der Waals surface area contributed by atoms with E-state index in [0.717, 1.165) is 6.29 Å². The van der Waals surface area contributed by atoms with E-state index in [0.29, 0.717) is 22.8 Å². The van der Waals surface area contributed by atoms with Gasteiger partial charge in [-0.2, -0.15) is 0 Å².